The van der Waals surface area contributed by atoms with Gasteiger partial charge in [-0.2, -0.15) is 4.98 Å². The van der Waals surface area contributed by atoms with Gasteiger partial charge in [0, 0.05) is 7.05 Å². The zero-order chi connectivity index (χ0) is 21.3. The zero-order valence-corrected chi connectivity index (χ0v) is 17.4. The number of halogens is 2. The molecule has 8 nitrogen and oxygen atoms in total. The van der Waals surface area contributed by atoms with Crippen molar-refractivity contribution >= 4 is 18.3 Å². The van der Waals surface area contributed by atoms with E-state index >= 15 is 0 Å². The number of fused-ring (bicyclic) bond motifs is 3. The van der Waals surface area contributed by atoms with Crippen molar-refractivity contribution < 1.29 is 13.7 Å². The fourth-order valence-electron chi connectivity index (χ4n) is 3.34. The highest BCUT2D eigenvalue weighted by Crippen LogP contribution is 2.29. The van der Waals surface area contributed by atoms with Gasteiger partial charge >= 0.3 is 0 Å². The number of hydrogen-bond acceptors (Lipinski definition) is 6. The average Bonchev–Trinajstić information content (AvgIpc) is 3.32. The number of benzene rings is 1. The fourth-order valence-corrected chi connectivity index (χ4v) is 3.34. The summed E-state index contributed by atoms with van der Waals surface area (Å²) in [6, 6.07) is 4.08. The fraction of sp³-hybridized carbons (Fsp3) is 0.238. The van der Waals surface area contributed by atoms with E-state index in [-0.39, 0.29) is 36.2 Å². The van der Waals surface area contributed by atoms with Gasteiger partial charge in [-0.3, -0.25) is 14.3 Å². The van der Waals surface area contributed by atoms with E-state index in [9.17, 15) is 9.18 Å². The Bertz CT molecular complexity index is 1190. The number of nitrogens with zero attached hydrogens (tertiary/aromatic N) is 6. The van der Waals surface area contributed by atoms with E-state index in [1.807, 2.05) is 4.90 Å². The molecule has 1 aromatic carbocycles. The summed E-state index contributed by atoms with van der Waals surface area (Å²) in [6.45, 7) is 1.25. The monoisotopic (exact) mass is 440 g/mol. The highest BCUT2D eigenvalue weighted by atomic mass is 35.5. The molecule has 0 atom stereocenters. The molecule has 0 aliphatic carbocycles. The Morgan fingerprint density at radius 1 is 1.29 bits per heavy atom. The van der Waals surface area contributed by atoms with Gasteiger partial charge in [0.25, 0.3) is 5.91 Å². The highest BCUT2D eigenvalue weighted by Gasteiger charge is 2.28. The lowest BCUT2D eigenvalue weighted by molar-refractivity contribution is 0.0787. The molecule has 1 aliphatic rings. The predicted octanol–water partition coefficient (Wildman–Crippen LogP) is 2.14. The van der Waals surface area contributed by atoms with Crippen LogP contribution in [0, 0.1) is 30.5 Å². The van der Waals surface area contributed by atoms with Gasteiger partial charge in [0.05, 0.1) is 43.1 Å². The van der Waals surface area contributed by atoms with Crippen molar-refractivity contribution in [3.05, 3.63) is 47.5 Å². The van der Waals surface area contributed by atoms with E-state index in [0.717, 1.165) is 0 Å². The molecule has 0 fully saturated rings. The third kappa shape index (κ3) is 4.15. The molecule has 0 saturated carbocycles. The molecule has 4 rings (SSSR count). The van der Waals surface area contributed by atoms with Crippen molar-refractivity contribution in [2.45, 2.75) is 13.1 Å². The minimum atomic E-state index is -0.481. The van der Waals surface area contributed by atoms with E-state index in [1.54, 1.807) is 24.0 Å². The van der Waals surface area contributed by atoms with Crippen LogP contribution in [0.4, 0.5) is 4.39 Å². The van der Waals surface area contributed by atoms with Crippen LogP contribution in [0.2, 0.25) is 0 Å². The molecule has 0 radical (unpaired) electrons. The van der Waals surface area contributed by atoms with Crippen LogP contribution in [0.1, 0.15) is 21.9 Å². The zero-order valence-electron chi connectivity index (χ0n) is 16.6. The molecule has 10 heteroatoms. The van der Waals surface area contributed by atoms with Crippen molar-refractivity contribution in [3.8, 4) is 41.9 Å². The van der Waals surface area contributed by atoms with E-state index in [2.05, 4.69) is 27.0 Å². The maximum atomic E-state index is 13.7. The first kappa shape index (κ1) is 22.0. The highest BCUT2D eigenvalue weighted by molar-refractivity contribution is 5.98. The lowest BCUT2D eigenvalue weighted by Crippen LogP contribution is -2.25. The summed E-state index contributed by atoms with van der Waals surface area (Å²) in [4.78, 5) is 24.8. The quantitative estimate of drug-likeness (QED) is 0.565. The maximum Gasteiger partial charge on any atom is 0.256 e. The van der Waals surface area contributed by atoms with E-state index in [0.29, 0.717) is 42.6 Å². The number of carbonyl (C=O) groups is 1. The lowest BCUT2D eigenvalue weighted by Gasteiger charge is -2.14. The number of amides is 1. The summed E-state index contributed by atoms with van der Waals surface area (Å²) in [7, 11) is 1.64. The first-order valence-electron chi connectivity index (χ1n) is 9.05. The van der Waals surface area contributed by atoms with Crippen LogP contribution in [0.5, 0.6) is 0 Å². The summed E-state index contributed by atoms with van der Waals surface area (Å²) in [6.07, 6.45) is 12.3. The summed E-state index contributed by atoms with van der Waals surface area (Å²) >= 11 is 0. The molecule has 0 spiro atoms. The van der Waals surface area contributed by atoms with Gasteiger partial charge in [0.1, 0.15) is 17.8 Å². The van der Waals surface area contributed by atoms with Crippen molar-refractivity contribution in [1.29, 1.82) is 0 Å². The topological polar surface area (TPSA) is 80.3 Å². The van der Waals surface area contributed by atoms with Crippen LogP contribution in [0.25, 0.3) is 17.2 Å². The molecule has 3 heterocycles. The molecule has 2 aromatic heterocycles. The third-order valence-electron chi connectivity index (χ3n) is 4.72. The average molecular weight is 441 g/mol. The predicted molar refractivity (Wildman–Crippen MR) is 113 cm³/mol. The Hall–Kier alpha value is -3.66. The number of hydrogen-bond donors (Lipinski definition) is 0. The normalized spacial score (nSPS) is 12.4. The molecule has 31 heavy (non-hydrogen) atoms. The minimum absolute atomic E-state index is 0. The second-order valence-corrected chi connectivity index (χ2v) is 6.80. The molecule has 3 aromatic rings. The third-order valence-corrected chi connectivity index (χ3v) is 4.72. The van der Waals surface area contributed by atoms with Crippen LogP contribution in [0.15, 0.2) is 29.0 Å². The molecule has 0 bridgehead atoms. The first-order chi connectivity index (χ1) is 14.5. The summed E-state index contributed by atoms with van der Waals surface area (Å²) in [5.41, 5.74) is 1.96. The summed E-state index contributed by atoms with van der Waals surface area (Å²) in [5, 5.41) is 4.03. The van der Waals surface area contributed by atoms with Gasteiger partial charge in [-0.05, 0) is 18.2 Å². The van der Waals surface area contributed by atoms with Gasteiger partial charge in [-0.1, -0.05) is 17.0 Å². The molecule has 1 amide bonds. The molecular formula is C21H18ClFN6O2. The Morgan fingerprint density at radius 2 is 2.03 bits per heavy atom. The number of imidazole rings is 1. The Labute approximate surface area is 184 Å². The Morgan fingerprint density at radius 3 is 2.74 bits per heavy atom. The van der Waals surface area contributed by atoms with Gasteiger partial charge < -0.3 is 9.42 Å². The largest absolute Gasteiger partial charge is 0.337 e. The van der Waals surface area contributed by atoms with Crippen LogP contribution in [0.3, 0.4) is 0 Å². The Kier molecular flexibility index (Phi) is 6.40. The molecule has 0 saturated heterocycles. The smallest absolute Gasteiger partial charge is 0.256 e. The molecule has 0 N–H and O–H groups in total. The molecule has 158 valence electrons. The van der Waals surface area contributed by atoms with Crippen LogP contribution >= 0.6 is 12.4 Å². The Balaban J connectivity index is 0.00000272. The van der Waals surface area contributed by atoms with Crippen LogP contribution in [-0.4, -0.2) is 55.5 Å². The number of aromatic nitrogens is 4. The second kappa shape index (κ2) is 9.00. The van der Waals surface area contributed by atoms with Gasteiger partial charge in [0.15, 0.2) is 0 Å². The van der Waals surface area contributed by atoms with Crippen molar-refractivity contribution in [1.82, 2.24) is 29.5 Å². The van der Waals surface area contributed by atoms with Crippen molar-refractivity contribution in [3.63, 3.8) is 0 Å². The van der Waals surface area contributed by atoms with E-state index in [4.69, 9.17) is 17.4 Å². The maximum absolute atomic E-state index is 13.7. The molecule has 1 aliphatic heterocycles. The number of carbonyl (C=O) groups excluding carboxylic acids is 1. The SMILES string of the molecule is C#CCN(CC#C)Cc1nc(-c2ncn3c2CN(C)C(=O)c2cc(F)ccc2-3)no1.Cl. The molecular weight excluding hydrogens is 423 g/mol. The number of rotatable bonds is 5. The van der Waals surface area contributed by atoms with Gasteiger partial charge in [-0.25, -0.2) is 9.37 Å². The van der Waals surface area contributed by atoms with Crippen molar-refractivity contribution in [2.75, 3.05) is 20.1 Å². The van der Waals surface area contributed by atoms with Crippen LogP contribution < -0.4 is 0 Å². The number of terminal acetylenes is 2. The van der Waals surface area contributed by atoms with E-state index < -0.39 is 5.82 Å². The lowest BCUT2D eigenvalue weighted by atomic mass is 10.1. The van der Waals surface area contributed by atoms with Gasteiger partial charge in [0.2, 0.25) is 11.7 Å². The van der Waals surface area contributed by atoms with Crippen molar-refractivity contribution in [2.24, 2.45) is 0 Å². The van der Waals surface area contributed by atoms with E-state index in [1.165, 1.54) is 17.0 Å². The second-order valence-electron chi connectivity index (χ2n) is 6.80. The first-order valence-corrected chi connectivity index (χ1v) is 9.05. The van der Waals surface area contributed by atoms with Crippen LogP contribution in [-0.2, 0) is 13.1 Å². The summed E-state index contributed by atoms with van der Waals surface area (Å²) < 4.78 is 20.8. The standard InChI is InChI=1S/C21H17FN6O2.ClH/c1-4-8-27(9-5-2)12-18-24-20(25-30-18)19-17-11-26(3)21(29)15-10-14(22)6-7-16(15)28(17)13-23-19;/h1-2,6-7,10,13H,8-9,11-12H2,3H3;1H. The molecule has 0 unspecified atom stereocenters. The summed E-state index contributed by atoms with van der Waals surface area (Å²) in [5.74, 6) is 4.94. The van der Waals surface area contributed by atoms with Gasteiger partial charge in [-0.15, -0.1) is 25.3 Å². The minimum Gasteiger partial charge on any atom is -0.337 e.